The summed E-state index contributed by atoms with van der Waals surface area (Å²) in [5.74, 6) is -0.477. The lowest BCUT2D eigenvalue weighted by molar-refractivity contribution is -0.286. The van der Waals surface area contributed by atoms with Gasteiger partial charge < -0.3 is 19.7 Å². The summed E-state index contributed by atoms with van der Waals surface area (Å²) in [6.07, 6.45) is 1.19. The summed E-state index contributed by atoms with van der Waals surface area (Å²) >= 11 is 0. The highest BCUT2D eigenvalue weighted by Crippen LogP contribution is 2.41. The minimum atomic E-state index is -3.60. The van der Waals surface area contributed by atoms with E-state index in [1.165, 1.54) is 12.1 Å². The van der Waals surface area contributed by atoms with Gasteiger partial charge in [-0.05, 0) is 48.2 Å². The number of piperidine rings is 1. The lowest BCUT2D eigenvalue weighted by Crippen LogP contribution is -2.42. The van der Waals surface area contributed by atoms with E-state index in [0.717, 1.165) is 42.7 Å². The fourth-order valence-corrected chi connectivity index (χ4v) is 3.81. The molecule has 2 heterocycles. The molecule has 0 unspecified atom stereocenters. The van der Waals surface area contributed by atoms with Gasteiger partial charge in [0.1, 0.15) is 0 Å². The van der Waals surface area contributed by atoms with Crippen LogP contribution < -0.4 is 25.2 Å². The van der Waals surface area contributed by atoms with E-state index in [0.29, 0.717) is 12.6 Å². The number of hydrogen-bond acceptors (Lipinski definition) is 6. The lowest BCUT2D eigenvalue weighted by Gasteiger charge is -2.35. The van der Waals surface area contributed by atoms with E-state index in [1.807, 2.05) is 24.3 Å². The largest absolute Gasteiger partial charge is 0.586 e. The third-order valence-corrected chi connectivity index (χ3v) is 5.36. The van der Waals surface area contributed by atoms with Crippen LogP contribution in [-0.4, -0.2) is 36.5 Å². The molecule has 0 saturated carbocycles. The second-order valence-corrected chi connectivity index (χ2v) is 7.46. The zero-order valence-corrected chi connectivity index (χ0v) is 16.7. The minimum Gasteiger partial charge on any atom is -0.395 e. The van der Waals surface area contributed by atoms with Crippen molar-refractivity contribution < 1.29 is 28.3 Å². The third-order valence-electron chi connectivity index (χ3n) is 5.36. The summed E-state index contributed by atoms with van der Waals surface area (Å²) in [5, 5.41) is 12.1. The van der Waals surface area contributed by atoms with Gasteiger partial charge in [-0.25, -0.2) is 5.48 Å². The number of benzene rings is 2. The zero-order chi connectivity index (χ0) is 21.8. The van der Waals surface area contributed by atoms with E-state index in [-0.39, 0.29) is 11.5 Å². The molecule has 9 heteroatoms. The molecular weight excluding hydrogens is 408 g/mol. The molecule has 3 N–H and O–H groups in total. The molecule has 1 saturated heterocycles. The van der Waals surface area contributed by atoms with Crippen LogP contribution in [-0.2, 0) is 11.3 Å². The molecule has 31 heavy (non-hydrogen) atoms. The van der Waals surface area contributed by atoms with Gasteiger partial charge in [0.25, 0.3) is 5.91 Å². The number of halogens is 2. The van der Waals surface area contributed by atoms with Crippen LogP contribution in [0.3, 0.4) is 0 Å². The number of para-hydroxylation sites is 1. The van der Waals surface area contributed by atoms with Crippen molar-refractivity contribution in [2.45, 2.75) is 31.7 Å². The molecule has 0 atom stereocenters. The molecule has 0 bridgehead atoms. The van der Waals surface area contributed by atoms with Crippen LogP contribution in [0.1, 0.15) is 24.0 Å². The van der Waals surface area contributed by atoms with Crippen LogP contribution in [0, 0.1) is 0 Å². The Kier molecular flexibility index (Phi) is 6.06. The topological polar surface area (TPSA) is 83.1 Å². The van der Waals surface area contributed by atoms with E-state index in [2.05, 4.69) is 19.7 Å². The first-order valence-corrected chi connectivity index (χ1v) is 10.0. The van der Waals surface area contributed by atoms with Crippen LogP contribution >= 0.6 is 0 Å². The smallest absolute Gasteiger partial charge is 0.395 e. The Balaban J connectivity index is 1.31. The molecule has 7 nitrogen and oxygen atoms in total. The number of anilines is 1. The van der Waals surface area contributed by atoms with Gasteiger partial charge in [0.15, 0.2) is 11.5 Å². The molecule has 0 spiro atoms. The summed E-state index contributed by atoms with van der Waals surface area (Å²) in [5.41, 5.74) is 4.36. The molecule has 2 aliphatic rings. The van der Waals surface area contributed by atoms with Crippen molar-refractivity contribution in [1.29, 1.82) is 0 Å². The molecule has 1 fully saturated rings. The van der Waals surface area contributed by atoms with Gasteiger partial charge in [-0.3, -0.25) is 10.0 Å². The maximum atomic E-state index is 13.2. The molecule has 2 aromatic rings. The minimum absolute atomic E-state index is 0.0474. The van der Waals surface area contributed by atoms with Crippen molar-refractivity contribution in [2.75, 3.05) is 18.0 Å². The average molecular weight is 431 g/mol. The van der Waals surface area contributed by atoms with E-state index in [4.69, 9.17) is 5.21 Å². The Morgan fingerprint density at radius 2 is 1.90 bits per heavy atom. The van der Waals surface area contributed by atoms with Gasteiger partial charge >= 0.3 is 6.29 Å². The van der Waals surface area contributed by atoms with Crippen LogP contribution in [0.25, 0.3) is 6.08 Å². The first kappa shape index (κ1) is 21.1. The number of hydrogen-bond donors (Lipinski definition) is 3. The molecule has 0 aliphatic carbocycles. The molecule has 164 valence electrons. The van der Waals surface area contributed by atoms with Crippen LogP contribution in [0.5, 0.6) is 11.5 Å². The molecule has 2 aliphatic heterocycles. The number of amides is 1. The Hall–Kier alpha value is -3.17. The number of nitrogens with one attached hydrogen (secondary N) is 2. The van der Waals surface area contributed by atoms with E-state index < -0.39 is 12.2 Å². The Labute approximate surface area is 178 Å². The van der Waals surface area contributed by atoms with Crippen molar-refractivity contribution in [3.63, 3.8) is 0 Å². The summed E-state index contributed by atoms with van der Waals surface area (Å²) in [6, 6.07) is 12.9. The fourth-order valence-electron chi connectivity index (χ4n) is 3.81. The highest BCUT2D eigenvalue weighted by Gasteiger charge is 2.43. The van der Waals surface area contributed by atoms with Crippen molar-refractivity contribution >= 4 is 17.7 Å². The second kappa shape index (κ2) is 8.91. The van der Waals surface area contributed by atoms with Gasteiger partial charge in [0, 0.05) is 37.4 Å². The average Bonchev–Trinajstić information content (AvgIpc) is 3.09. The molecule has 1 amide bonds. The molecular formula is C22H23F2N3O4. The third kappa shape index (κ3) is 5.12. The van der Waals surface area contributed by atoms with E-state index in [1.54, 1.807) is 23.7 Å². The fraction of sp³-hybridized carbons (Fsp3) is 0.318. The van der Waals surface area contributed by atoms with E-state index in [9.17, 15) is 13.6 Å². The predicted molar refractivity (Wildman–Crippen MR) is 110 cm³/mol. The summed E-state index contributed by atoms with van der Waals surface area (Å²) in [6.45, 7) is 2.21. The highest BCUT2D eigenvalue weighted by molar-refractivity contribution is 5.91. The Bertz CT molecular complexity index is 975. The first-order valence-electron chi connectivity index (χ1n) is 10.0. The van der Waals surface area contributed by atoms with Gasteiger partial charge in [0.2, 0.25) is 0 Å². The van der Waals surface area contributed by atoms with Crippen molar-refractivity contribution in [3.05, 3.63) is 59.7 Å². The molecule has 0 radical (unpaired) electrons. The number of alkyl halides is 2. The number of ether oxygens (including phenoxy) is 2. The summed E-state index contributed by atoms with van der Waals surface area (Å²) < 4.78 is 35.2. The number of rotatable bonds is 6. The maximum absolute atomic E-state index is 13.2. The van der Waals surface area contributed by atoms with Gasteiger partial charge in [0.05, 0.1) is 0 Å². The van der Waals surface area contributed by atoms with Crippen LogP contribution in [0.15, 0.2) is 48.5 Å². The van der Waals surface area contributed by atoms with Crippen LogP contribution in [0.2, 0.25) is 0 Å². The number of fused-ring (bicyclic) bond motifs is 1. The van der Waals surface area contributed by atoms with Crippen LogP contribution in [0.4, 0.5) is 14.5 Å². The molecule has 2 aromatic carbocycles. The summed E-state index contributed by atoms with van der Waals surface area (Å²) in [7, 11) is 0. The predicted octanol–water partition coefficient (Wildman–Crippen LogP) is 3.29. The number of nitrogens with zero attached hydrogens (tertiary/aromatic N) is 1. The van der Waals surface area contributed by atoms with Gasteiger partial charge in [-0.15, -0.1) is 8.78 Å². The van der Waals surface area contributed by atoms with Gasteiger partial charge in [-0.1, -0.05) is 24.3 Å². The zero-order valence-electron chi connectivity index (χ0n) is 16.7. The second-order valence-electron chi connectivity index (χ2n) is 7.46. The standard InChI is InChI=1S/C22H23F2N3O4/c23-22(24)30-19-7-5-15(13-20(19)31-22)14-25-17-9-11-27(12-10-17)18-4-2-1-3-16(18)6-8-21(28)26-29/h1-8,13,17,25,29H,9-12,14H2,(H,26,28). The SMILES string of the molecule is O=C(C=Cc1ccccc1N1CCC(NCc2ccc3c(c2)OC(F)(F)O3)CC1)NO. The first-order chi connectivity index (χ1) is 14.9. The maximum Gasteiger partial charge on any atom is 0.586 e. The molecule has 4 rings (SSSR count). The summed E-state index contributed by atoms with van der Waals surface area (Å²) in [4.78, 5) is 13.5. The highest BCUT2D eigenvalue weighted by atomic mass is 19.3. The van der Waals surface area contributed by atoms with Crippen molar-refractivity contribution in [2.24, 2.45) is 0 Å². The lowest BCUT2D eigenvalue weighted by atomic mass is 10.0. The number of carbonyl (C=O) groups excluding carboxylic acids is 1. The monoisotopic (exact) mass is 431 g/mol. The Morgan fingerprint density at radius 3 is 2.68 bits per heavy atom. The van der Waals surface area contributed by atoms with Crippen molar-refractivity contribution in [3.8, 4) is 11.5 Å². The van der Waals surface area contributed by atoms with Crippen molar-refractivity contribution in [1.82, 2.24) is 10.8 Å². The number of carbonyl (C=O) groups is 1. The Morgan fingerprint density at radius 1 is 1.16 bits per heavy atom. The number of hydroxylamine groups is 1. The normalized spacial score (nSPS) is 17.8. The quantitative estimate of drug-likeness (QED) is 0.370. The molecule has 0 aromatic heterocycles. The van der Waals surface area contributed by atoms with E-state index >= 15 is 0 Å². The van der Waals surface area contributed by atoms with Gasteiger partial charge in [-0.2, -0.15) is 0 Å².